The molecule has 0 unspecified atom stereocenters. The average Bonchev–Trinajstić information content (AvgIpc) is 2.56. The lowest BCUT2D eigenvalue weighted by atomic mass is 9.85. The van der Waals surface area contributed by atoms with Crippen molar-refractivity contribution in [3.05, 3.63) is 18.6 Å². The molecule has 4 nitrogen and oxygen atoms in total. The smallest absolute Gasteiger partial charge is 0.0886 e. The quantitative estimate of drug-likeness (QED) is 0.808. The highest BCUT2D eigenvalue weighted by atomic mass is 15.3. The number of fused-ring (bicyclic) bond motifs is 1. The van der Waals surface area contributed by atoms with Gasteiger partial charge in [0.25, 0.3) is 0 Å². The summed E-state index contributed by atoms with van der Waals surface area (Å²) in [5.41, 5.74) is 7.60. The number of hydrogen-bond acceptors (Lipinski definition) is 3. The van der Waals surface area contributed by atoms with Crippen LogP contribution in [0.5, 0.6) is 0 Å². The fraction of sp³-hybridized carbons (Fsp3) is 0.455. The third-order valence-corrected chi connectivity index (χ3v) is 3.26. The first-order chi connectivity index (χ1) is 7.34. The van der Waals surface area contributed by atoms with E-state index in [0.29, 0.717) is 5.69 Å². The first-order valence-electron chi connectivity index (χ1n) is 5.39. The standard InChI is InChI=1S/C11H14N4/c12-10-5-13-6-11-9(10)4-14-15(11)7-8-2-1-3-8/h4-6,8H,1-3,7,12H2. The molecule has 3 rings (SSSR count). The molecule has 1 saturated carbocycles. The third-order valence-electron chi connectivity index (χ3n) is 3.26. The SMILES string of the molecule is Nc1cncc2c1cnn2CC1CCC1. The maximum atomic E-state index is 5.83. The molecule has 2 aromatic heterocycles. The molecular formula is C11H14N4. The summed E-state index contributed by atoms with van der Waals surface area (Å²) in [6, 6.07) is 0. The van der Waals surface area contributed by atoms with Gasteiger partial charge in [-0.15, -0.1) is 0 Å². The predicted octanol–water partition coefficient (Wildman–Crippen LogP) is 1.81. The molecule has 2 aromatic rings. The van der Waals surface area contributed by atoms with Gasteiger partial charge in [-0.1, -0.05) is 6.42 Å². The minimum absolute atomic E-state index is 0.715. The highest BCUT2D eigenvalue weighted by Gasteiger charge is 2.19. The fourth-order valence-corrected chi connectivity index (χ4v) is 2.08. The lowest BCUT2D eigenvalue weighted by Crippen LogP contribution is -2.18. The van der Waals surface area contributed by atoms with Crippen molar-refractivity contribution in [2.24, 2.45) is 5.92 Å². The normalized spacial score (nSPS) is 16.8. The molecule has 0 bridgehead atoms. The van der Waals surface area contributed by atoms with Gasteiger partial charge >= 0.3 is 0 Å². The lowest BCUT2D eigenvalue weighted by Gasteiger charge is -2.25. The number of nitrogens with zero attached hydrogens (tertiary/aromatic N) is 3. The van der Waals surface area contributed by atoms with E-state index in [1.807, 2.05) is 17.1 Å². The number of aromatic nitrogens is 3. The second kappa shape index (κ2) is 3.22. The zero-order valence-electron chi connectivity index (χ0n) is 8.56. The minimum atomic E-state index is 0.715. The Morgan fingerprint density at radius 2 is 2.20 bits per heavy atom. The summed E-state index contributed by atoms with van der Waals surface area (Å²) in [6.07, 6.45) is 9.39. The van der Waals surface area contributed by atoms with Crippen molar-refractivity contribution in [2.75, 3.05) is 5.73 Å². The second-order valence-electron chi connectivity index (χ2n) is 4.29. The number of nitrogen functional groups attached to an aromatic ring is 1. The van der Waals surface area contributed by atoms with Crippen molar-refractivity contribution in [3.8, 4) is 0 Å². The summed E-state index contributed by atoms with van der Waals surface area (Å²) in [7, 11) is 0. The molecule has 0 spiro atoms. The summed E-state index contributed by atoms with van der Waals surface area (Å²) in [5, 5.41) is 5.39. The minimum Gasteiger partial charge on any atom is -0.397 e. The van der Waals surface area contributed by atoms with E-state index in [-0.39, 0.29) is 0 Å². The van der Waals surface area contributed by atoms with Crippen LogP contribution in [0.1, 0.15) is 19.3 Å². The fourth-order valence-electron chi connectivity index (χ4n) is 2.08. The topological polar surface area (TPSA) is 56.7 Å². The van der Waals surface area contributed by atoms with Gasteiger partial charge in [0.1, 0.15) is 0 Å². The molecule has 1 aliphatic rings. The van der Waals surface area contributed by atoms with Crippen molar-refractivity contribution >= 4 is 16.6 Å². The molecule has 0 amide bonds. The van der Waals surface area contributed by atoms with Crippen LogP contribution < -0.4 is 5.73 Å². The molecule has 0 aromatic carbocycles. The predicted molar refractivity (Wildman–Crippen MR) is 59.3 cm³/mol. The van der Waals surface area contributed by atoms with Crippen molar-refractivity contribution in [2.45, 2.75) is 25.8 Å². The van der Waals surface area contributed by atoms with E-state index >= 15 is 0 Å². The van der Waals surface area contributed by atoms with Crippen LogP contribution in [0.2, 0.25) is 0 Å². The molecule has 2 heterocycles. The van der Waals surface area contributed by atoms with Gasteiger partial charge in [0.2, 0.25) is 0 Å². The van der Waals surface area contributed by atoms with E-state index in [9.17, 15) is 0 Å². The van der Waals surface area contributed by atoms with Crippen LogP contribution in [0.3, 0.4) is 0 Å². The number of anilines is 1. The van der Waals surface area contributed by atoms with Crippen molar-refractivity contribution in [1.29, 1.82) is 0 Å². The maximum absolute atomic E-state index is 5.83. The lowest BCUT2D eigenvalue weighted by molar-refractivity contribution is 0.270. The Balaban J connectivity index is 2.00. The zero-order valence-corrected chi connectivity index (χ0v) is 8.56. The van der Waals surface area contributed by atoms with E-state index in [0.717, 1.165) is 23.4 Å². The number of nitrogens with two attached hydrogens (primary N) is 1. The van der Waals surface area contributed by atoms with Gasteiger partial charge in [-0.25, -0.2) is 0 Å². The van der Waals surface area contributed by atoms with Gasteiger partial charge < -0.3 is 5.73 Å². The molecular weight excluding hydrogens is 188 g/mol. The van der Waals surface area contributed by atoms with Gasteiger partial charge in [-0.2, -0.15) is 5.10 Å². The number of hydrogen-bond donors (Lipinski definition) is 1. The van der Waals surface area contributed by atoms with Crippen molar-refractivity contribution < 1.29 is 0 Å². The Bertz CT molecular complexity index is 484. The molecule has 0 atom stereocenters. The number of pyridine rings is 1. The molecule has 15 heavy (non-hydrogen) atoms. The molecule has 1 aliphatic carbocycles. The molecule has 0 radical (unpaired) electrons. The van der Waals surface area contributed by atoms with Gasteiger partial charge in [0, 0.05) is 11.9 Å². The van der Waals surface area contributed by atoms with Crippen LogP contribution in [0.25, 0.3) is 10.9 Å². The second-order valence-corrected chi connectivity index (χ2v) is 4.29. The molecule has 1 fully saturated rings. The van der Waals surface area contributed by atoms with Crippen LogP contribution in [0.4, 0.5) is 5.69 Å². The Labute approximate surface area is 88.1 Å². The summed E-state index contributed by atoms with van der Waals surface area (Å²) < 4.78 is 2.03. The Morgan fingerprint density at radius 1 is 1.33 bits per heavy atom. The molecule has 0 aliphatic heterocycles. The van der Waals surface area contributed by atoms with E-state index in [4.69, 9.17) is 5.73 Å². The Kier molecular flexibility index (Phi) is 1.87. The first-order valence-corrected chi connectivity index (χ1v) is 5.39. The highest BCUT2D eigenvalue weighted by Crippen LogP contribution is 2.29. The highest BCUT2D eigenvalue weighted by molar-refractivity contribution is 5.88. The van der Waals surface area contributed by atoms with Crippen LogP contribution in [0.15, 0.2) is 18.6 Å². The maximum Gasteiger partial charge on any atom is 0.0886 e. The van der Waals surface area contributed by atoms with E-state index in [1.165, 1.54) is 19.3 Å². The van der Waals surface area contributed by atoms with Gasteiger partial charge in [-0.05, 0) is 18.8 Å². The van der Waals surface area contributed by atoms with E-state index < -0.39 is 0 Å². The van der Waals surface area contributed by atoms with Crippen LogP contribution in [0, 0.1) is 5.92 Å². The molecule has 2 N–H and O–H groups in total. The first kappa shape index (κ1) is 8.71. The third kappa shape index (κ3) is 1.37. The van der Waals surface area contributed by atoms with Gasteiger partial charge in [0.15, 0.2) is 0 Å². The summed E-state index contributed by atoms with van der Waals surface area (Å²) in [5.74, 6) is 0.800. The zero-order chi connectivity index (χ0) is 10.3. The van der Waals surface area contributed by atoms with Gasteiger partial charge in [0.05, 0.1) is 29.8 Å². The van der Waals surface area contributed by atoms with E-state index in [2.05, 4.69) is 10.1 Å². The largest absolute Gasteiger partial charge is 0.397 e. The Hall–Kier alpha value is -1.58. The summed E-state index contributed by atoms with van der Waals surface area (Å²) in [4.78, 5) is 4.11. The monoisotopic (exact) mass is 202 g/mol. The van der Waals surface area contributed by atoms with Crippen molar-refractivity contribution in [3.63, 3.8) is 0 Å². The van der Waals surface area contributed by atoms with Crippen LogP contribution >= 0.6 is 0 Å². The van der Waals surface area contributed by atoms with Crippen LogP contribution in [-0.2, 0) is 6.54 Å². The molecule has 78 valence electrons. The average molecular weight is 202 g/mol. The summed E-state index contributed by atoms with van der Waals surface area (Å²) >= 11 is 0. The summed E-state index contributed by atoms with van der Waals surface area (Å²) in [6.45, 7) is 1.01. The Morgan fingerprint density at radius 3 is 2.93 bits per heavy atom. The van der Waals surface area contributed by atoms with Crippen LogP contribution in [-0.4, -0.2) is 14.8 Å². The van der Waals surface area contributed by atoms with E-state index in [1.54, 1.807) is 6.20 Å². The number of rotatable bonds is 2. The molecule has 0 saturated heterocycles. The molecule has 4 heteroatoms. The van der Waals surface area contributed by atoms with Gasteiger partial charge in [-0.3, -0.25) is 9.67 Å². The van der Waals surface area contributed by atoms with Crippen molar-refractivity contribution in [1.82, 2.24) is 14.8 Å².